The smallest absolute Gasteiger partial charge is 0.251 e. The Labute approximate surface area is 225 Å². The number of benzene rings is 4. The Balaban J connectivity index is 1.52. The number of primary sulfonamides is 1. The summed E-state index contributed by atoms with van der Waals surface area (Å²) in [5.41, 5.74) is 3.10. The lowest BCUT2D eigenvalue weighted by molar-refractivity contribution is -0.117. The fourth-order valence-corrected chi connectivity index (χ4v) is 4.80. The van der Waals surface area contributed by atoms with E-state index >= 15 is 0 Å². The third-order valence-corrected chi connectivity index (χ3v) is 6.87. The van der Waals surface area contributed by atoms with E-state index in [9.17, 15) is 13.2 Å². The predicted octanol–water partition coefficient (Wildman–Crippen LogP) is 5.32. The van der Waals surface area contributed by atoms with Crippen LogP contribution in [0.25, 0.3) is 11.1 Å². The van der Waals surface area contributed by atoms with Crippen LogP contribution in [0.4, 0.5) is 11.4 Å². The summed E-state index contributed by atoms with van der Waals surface area (Å²) in [6.45, 7) is 0. The number of amides is 1. The summed E-state index contributed by atoms with van der Waals surface area (Å²) >= 11 is 11.4. The van der Waals surface area contributed by atoms with Gasteiger partial charge < -0.3 is 16.0 Å². The molecule has 0 spiro atoms. The molecule has 0 saturated carbocycles. The molecule has 0 aromatic heterocycles. The number of nitrogens with two attached hydrogens (primary N) is 1. The monoisotopic (exact) mass is 550 g/mol. The minimum absolute atomic E-state index is 0.0295. The Morgan fingerprint density at radius 1 is 0.784 bits per heavy atom. The number of carbonyl (C=O) groups excluding carboxylic acids is 1. The molecule has 1 unspecified atom stereocenters. The third-order valence-electron chi connectivity index (χ3n) is 5.43. The van der Waals surface area contributed by atoms with Gasteiger partial charge in [0.2, 0.25) is 10.0 Å². The van der Waals surface area contributed by atoms with Crippen LogP contribution in [0.15, 0.2) is 108 Å². The molecule has 5 N–H and O–H groups in total. The number of rotatable bonds is 7. The molecule has 7 nitrogen and oxygen atoms in total. The van der Waals surface area contributed by atoms with Crippen molar-refractivity contribution in [2.75, 3.05) is 10.6 Å². The molecule has 1 amide bonds. The maximum atomic E-state index is 13.3. The standard InChI is InChI=1S/C27H23ClN4O3S2/c28-20-12-16-22(17-13-20)31-27(36)32-25(19-6-2-1-3-7-19)26(33)30-21-14-10-18(11-15-21)23-8-4-5-9-24(23)37(29,34)35/h1-17,25H,(H,30,33)(H2,29,34,35)(H2,31,32,36). The third kappa shape index (κ3) is 6.93. The van der Waals surface area contributed by atoms with E-state index in [1.807, 2.05) is 30.3 Å². The predicted molar refractivity (Wildman–Crippen MR) is 152 cm³/mol. The van der Waals surface area contributed by atoms with Crippen LogP contribution < -0.4 is 21.1 Å². The van der Waals surface area contributed by atoms with Crippen molar-refractivity contribution in [2.45, 2.75) is 10.9 Å². The second-order valence-electron chi connectivity index (χ2n) is 8.06. The first kappa shape index (κ1) is 26.3. The molecule has 0 saturated heterocycles. The molecule has 4 aromatic rings. The molecule has 10 heteroatoms. The highest BCUT2D eigenvalue weighted by Gasteiger charge is 2.22. The van der Waals surface area contributed by atoms with Gasteiger partial charge in [-0.05, 0) is 65.8 Å². The van der Waals surface area contributed by atoms with E-state index in [0.29, 0.717) is 21.8 Å². The number of carbonyl (C=O) groups is 1. The summed E-state index contributed by atoms with van der Waals surface area (Å²) in [6.07, 6.45) is 0. The van der Waals surface area contributed by atoms with Gasteiger partial charge in [-0.2, -0.15) is 0 Å². The van der Waals surface area contributed by atoms with E-state index < -0.39 is 16.1 Å². The second kappa shape index (κ2) is 11.5. The van der Waals surface area contributed by atoms with E-state index in [1.54, 1.807) is 66.7 Å². The Bertz CT molecular complexity index is 1510. The lowest BCUT2D eigenvalue weighted by Crippen LogP contribution is -2.39. The number of sulfonamides is 1. The number of nitrogens with one attached hydrogen (secondary N) is 3. The summed E-state index contributed by atoms with van der Waals surface area (Å²) in [5.74, 6) is -0.329. The van der Waals surface area contributed by atoms with Crippen LogP contribution in [0.1, 0.15) is 11.6 Å². The van der Waals surface area contributed by atoms with E-state index in [0.717, 1.165) is 11.3 Å². The number of anilines is 2. The van der Waals surface area contributed by atoms with Crippen LogP contribution in [0, 0.1) is 0 Å². The molecular formula is C27H23ClN4O3S2. The second-order valence-corrected chi connectivity index (χ2v) is 10.4. The quantitative estimate of drug-likeness (QED) is 0.232. The largest absolute Gasteiger partial charge is 0.347 e. The molecule has 0 aliphatic rings. The van der Waals surface area contributed by atoms with Gasteiger partial charge in [0.05, 0.1) is 4.90 Å². The van der Waals surface area contributed by atoms with Gasteiger partial charge in [0, 0.05) is 22.0 Å². The Morgan fingerprint density at radius 2 is 1.35 bits per heavy atom. The lowest BCUT2D eigenvalue weighted by Gasteiger charge is -2.21. The molecule has 0 bridgehead atoms. The van der Waals surface area contributed by atoms with Gasteiger partial charge >= 0.3 is 0 Å². The number of hydrogen-bond acceptors (Lipinski definition) is 4. The van der Waals surface area contributed by atoms with Crippen molar-refractivity contribution in [3.8, 4) is 11.1 Å². The summed E-state index contributed by atoms with van der Waals surface area (Å²) in [5, 5.41) is 15.2. The van der Waals surface area contributed by atoms with Gasteiger partial charge in [-0.1, -0.05) is 72.3 Å². The average molecular weight is 551 g/mol. The van der Waals surface area contributed by atoms with Crippen LogP contribution in [0.3, 0.4) is 0 Å². The van der Waals surface area contributed by atoms with Crippen LogP contribution in [-0.2, 0) is 14.8 Å². The van der Waals surface area contributed by atoms with Crippen LogP contribution in [0.2, 0.25) is 5.02 Å². The molecule has 37 heavy (non-hydrogen) atoms. The van der Waals surface area contributed by atoms with Crippen LogP contribution in [0.5, 0.6) is 0 Å². The zero-order chi connectivity index (χ0) is 26.4. The topological polar surface area (TPSA) is 113 Å². The SMILES string of the molecule is NS(=O)(=O)c1ccccc1-c1ccc(NC(=O)C(NC(=S)Nc2ccc(Cl)cc2)c2ccccc2)cc1. The summed E-state index contributed by atoms with van der Waals surface area (Å²) in [7, 11) is -3.89. The highest BCUT2D eigenvalue weighted by atomic mass is 35.5. The first-order valence-electron chi connectivity index (χ1n) is 11.1. The van der Waals surface area contributed by atoms with Gasteiger partial charge in [-0.3, -0.25) is 4.79 Å². The zero-order valence-electron chi connectivity index (χ0n) is 19.4. The van der Waals surface area contributed by atoms with Gasteiger partial charge in [0.25, 0.3) is 5.91 Å². The van der Waals surface area contributed by atoms with Crippen molar-refractivity contribution in [2.24, 2.45) is 5.14 Å². The molecule has 0 aliphatic carbocycles. The van der Waals surface area contributed by atoms with Gasteiger partial charge in [0.1, 0.15) is 6.04 Å². The maximum Gasteiger partial charge on any atom is 0.251 e. The summed E-state index contributed by atoms with van der Waals surface area (Å²) in [4.78, 5) is 13.3. The minimum atomic E-state index is -3.89. The Hall–Kier alpha value is -3.76. The highest BCUT2D eigenvalue weighted by molar-refractivity contribution is 7.89. The van der Waals surface area contributed by atoms with Crippen molar-refractivity contribution in [3.63, 3.8) is 0 Å². The fraction of sp³-hybridized carbons (Fsp3) is 0.0370. The number of halogens is 1. The normalized spacial score (nSPS) is 11.8. The molecule has 4 rings (SSSR count). The van der Waals surface area contributed by atoms with Crippen molar-refractivity contribution in [1.29, 1.82) is 0 Å². The molecule has 0 radical (unpaired) electrons. The van der Waals surface area contributed by atoms with Crippen LogP contribution in [-0.4, -0.2) is 19.4 Å². The van der Waals surface area contributed by atoms with Gasteiger partial charge in [-0.15, -0.1) is 0 Å². The van der Waals surface area contributed by atoms with Gasteiger partial charge in [0.15, 0.2) is 5.11 Å². The molecular weight excluding hydrogens is 528 g/mol. The molecule has 0 aliphatic heterocycles. The Kier molecular flexibility index (Phi) is 8.20. The number of thiocarbonyl (C=S) groups is 1. The first-order chi connectivity index (χ1) is 17.7. The molecule has 0 heterocycles. The van der Waals surface area contributed by atoms with E-state index in [2.05, 4.69) is 16.0 Å². The minimum Gasteiger partial charge on any atom is -0.347 e. The Morgan fingerprint density at radius 3 is 2.00 bits per heavy atom. The van der Waals surface area contributed by atoms with Crippen molar-refractivity contribution in [3.05, 3.63) is 114 Å². The molecule has 0 fully saturated rings. The van der Waals surface area contributed by atoms with E-state index in [4.69, 9.17) is 29.0 Å². The molecule has 188 valence electrons. The first-order valence-corrected chi connectivity index (χ1v) is 13.4. The summed E-state index contributed by atoms with van der Waals surface area (Å²) in [6, 6.07) is 28.8. The van der Waals surface area contributed by atoms with Gasteiger partial charge in [-0.25, -0.2) is 13.6 Å². The maximum absolute atomic E-state index is 13.3. The summed E-state index contributed by atoms with van der Waals surface area (Å²) < 4.78 is 23.9. The fourth-order valence-electron chi connectivity index (χ4n) is 3.68. The van der Waals surface area contributed by atoms with E-state index in [-0.39, 0.29) is 15.9 Å². The average Bonchev–Trinajstić information content (AvgIpc) is 2.89. The van der Waals surface area contributed by atoms with Crippen molar-refractivity contribution in [1.82, 2.24) is 5.32 Å². The lowest BCUT2D eigenvalue weighted by atomic mass is 10.0. The molecule has 4 aromatic carbocycles. The van der Waals surface area contributed by atoms with Crippen LogP contribution >= 0.6 is 23.8 Å². The van der Waals surface area contributed by atoms with Crippen molar-refractivity contribution < 1.29 is 13.2 Å². The van der Waals surface area contributed by atoms with Crippen molar-refractivity contribution >= 4 is 56.2 Å². The molecule has 1 atom stereocenters. The number of hydrogen-bond donors (Lipinski definition) is 4. The van der Waals surface area contributed by atoms with E-state index in [1.165, 1.54) is 6.07 Å². The zero-order valence-corrected chi connectivity index (χ0v) is 21.8. The highest BCUT2D eigenvalue weighted by Crippen LogP contribution is 2.28.